The molecule has 16 heavy (non-hydrogen) atoms. The first-order chi connectivity index (χ1) is 7.62. The molecule has 2 rings (SSSR count). The van der Waals surface area contributed by atoms with E-state index in [2.05, 4.69) is 24.3 Å². The molecule has 4 heteroatoms. The second-order valence-electron chi connectivity index (χ2n) is 4.80. The Morgan fingerprint density at radius 2 is 2.12 bits per heavy atom. The summed E-state index contributed by atoms with van der Waals surface area (Å²) in [7, 11) is 0. The third kappa shape index (κ3) is 1.87. The van der Waals surface area contributed by atoms with Crippen LogP contribution in [0.25, 0.3) is 0 Å². The molecule has 1 aromatic heterocycles. The van der Waals surface area contributed by atoms with Crippen molar-refractivity contribution in [2.24, 2.45) is 5.41 Å². The number of nitrogens with zero attached hydrogens (tertiary/aromatic N) is 2. The van der Waals surface area contributed by atoms with E-state index in [9.17, 15) is 0 Å². The summed E-state index contributed by atoms with van der Waals surface area (Å²) in [5.74, 6) is 0. The molecule has 1 aromatic rings. The molecule has 0 amide bonds. The molecule has 1 saturated heterocycles. The minimum absolute atomic E-state index is 0.406. The molecule has 0 atom stereocenters. The van der Waals surface area contributed by atoms with Crippen LogP contribution < -0.4 is 5.32 Å². The number of aryl methyl sites for hydroxylation is 2. The number of hydrogen-bond donors (Lipinski definition) is 1. The molecule has 0 spiro atoms. The van der Waals surface area contributed by atoms with E-state index in [1.54, 1.807) is 0 Å². The van der Waals surface area contributed by atoms with Gasteiger partial charge < -0.3 is 5.32 Å². The molecule has 3 nitrogen and oxygen atoms in total. The van der Waals surface area contributed by atoms with Crippen LogP contribution in [0.3, 0.4) is 0 Å². The second kappa shape index (κ2) is 4.38. The Balaban J connectivity index is 2.26. The minimum atomic E-state index is 0.406. The second-order valence-corrected chi connectivity index (χ2v) is 5.17. The summed E-state index contributed by atoms with van der Waals surface area (Å²) >= 11 is 6.33. The van der Waals surface area contributed by atoms with Crippen LogP contribution in [0.5, 0.6) is 0 Å². The van der Waals surface area contributed by atoms with Gasteiger partial charge in [-0.05, 0) is 26.7 Å². The first-order valence-corrected chi connectivity index (χ1v) is 6.42. The van der Waals surface area contributed by atoms with Gasteiger partial charge in [0, 0.05) is 25.0 Å². The fourth-order valence-corrected chi connectivity index (χ4v) is 2.57. The molecule has 1 aliphatic rings. The van der Waals surface area contributed by atoms with Gasteiger partial charge in [-0.15, -0.1) is 0 Å². The topological polar surface area (TPSA) is 29.9 Å². The fraction of sp³-hybridized carbons (Fsp3) is 0.750. The molecular formula is C12H20ClN3. The summed E-state index contributed by atoms with van der Waals surface area (Å²) in [6.07, 6.45) is 2.24. The minimum Gasteiger partial charge on any atom is -0.316 e. The Morgan fingerprint density at radius 1 is 1.44 bits per heavy atom. The highest BCUT2D eigenvalue weighted by Crippen LogP contribution is 2.34. The number of nitrogens with one attached hydrogen (secondary N) is 1. The van der Waals surface area contributed by atoms with Crippen LogP contribution in [0.2, 0.25) is 5.02 Å². The lowest BCUT2D eigenvalue weighted by atomic mass is 9.75. The normalized spacial score (nSPS) is 18.5. The van der Waals surface area contributed by atoms with E-state index < -0.39 is 0 Å². The molecule has 0 radical (unpaired) electrons. The maximum absolute atomic E-state index is 6.33. The molecule has 1 N–H and O–H groups in total. The Morgan fingerprint density at radius 3 is 2.56 bits per heavy atom. The molecule has 0 aromatic carbocycles. The summed E-state index contributed by atoms with van der Waals surface area (Å²) in [4.78, 5) is 0. The van der Waals surface area contributed by atoms with Gasteiger partial charge in [-0.1, -0.05) is 18.5 Å². The van der Waals surface area contributed by atoms with Crippen LogP contribution in [-0.4, -0.2) is 22.9 Å². The number of rotatable bonds is 4. The number of halogens is 1. The van der Waals surface area contributed by atoms with Crippen molar-refractivity contribution in [1.29, 1.82) is 0 Å². The van der Waals surface area contributed by atoms with Gasteiger partial charge in [0.2, 0.25) is 0 Å². The van der Waals surface area contributed by atoms with Crippen molar-refractivity contribution in [2.45, 2.75) is 40.2 Å². The van der Waals surface area contributed by atoms with Gasteiger partial charge in [0.15, 0.2) is 0 Å². The molecule has 90 valence electrons. The van der Waals surface area contributed by atoms with Crippen LogP contribution in [-0.2, 0) is 13.0 Å². The molecule has 0 unspecified atom stereocenters. The van der Waals surface area contributed by atoms with Gasteiger partial charge in [0.1, 0.15) is 0 Å². The van der Waals surface area contributed by atoms with Gasteiger partial charge in [-0.2, -0.15) is 5.10 Å². The van der Waals surface area contributed by atoms with Gasteiger partial charge >= 0.3 is 0 Å². The zero-order valence-corrected chi connectivity index (χ0v) is 11.1. The van der Waals surface area contributed by atoms with E-state index in [4.69, 9.17) is 11.6 Å². The molecule has 1 aliphatic heterocycles. The summed E-state index contributed by atoms with van der Waals surface area (Å²) in [5.41, 5.74) is 2.57. The third-order valence-corrected chi connectivity index (χ3v) is 4.24. The number of hydrogen-bond acceptors (Lipinski definition) is 2. The summed E-state index contributed by atoms with van der Waals surface area (Å²) in [5, 5.41) is 8.70. The zero-order chi connectivity index (χ0) is 11.8. The maximum atomic E-state index is 6.33. The lowest BCUT2D eigenvalue weighted by molar-refractivity contribution is 0.156. The van der Waals surface area contributed by atoms with Crippen molar-refractivity contribution in [2.75, 3.05) is 13.1 Å². The Kier molecular flexibility index (Phi) is 3.27. The first kappa shape index (κ1) is 11.9. The predicted molar refractivity (Wildman–Crippen MR) is 66.9 cm³/mol. The molecule has 2 heterocycles. The summed E-state index contributed by atoms with van der Waals surface area (Å²) in [6, 6.07) is 0. The lowest BCUT2D eigenvalue weighted by Gasteiger charge is -2.42. The summed E-state index contributed by atoms with van der Waals surface area (Å²) < 4.78 is 2.05. The number of aromatic nitrogens is 2. The van der Waals surface area contributed by atoms with Crippen LogP contribution in [0.1, 0.15) is 31.7 Å². The van der Waals surface area contributed by atoms with E-state index in [1.165, 1.54) is 12.1 Å². The van der Waals surface area contributed by atoms with Crippen LogP contribution in [0.4, 0.5) is 0 Å². The monoisotopic (exact) mass is 241 g/mol. The zero-order valence-electron chi connectivity index (χ0n) is 10.3. The van der Waals surface area contributed by atoms with Crippen molar-refractivity contribution in [1.82, 2.24) is 15.1 Å². The first-order valence-electron chi connectivity index (χ1n) is 6.04. The highest BCUT2D eigenvalue weighted by molar-refractivity contribution is 6.31. The van der Waals surface area contributed by atoms with Gasteiger partial charge in [0.05, 0.1) is 16.4 Å². The quantitative estimate of drug-likeness (QED) is 0.878. The molecular weight excluding hydrogens is 222 g/mol. The predicted octanol–water partition coefficient (Wildman–Crippen LogP) is 2.41. The Hall–Kier alpha value is -0.540. The highest BCUT2D eigenvalue weighted by Gasteiger charge is 2.36. The molecule has 0 saturated carbocycles. The van der Waals surface area contributed by atoms with E-state index in [-0.39, 0.29) is 0 Å². The highest BCUT2D eigenvalue weighted by atomic mass is 35.5. The van der Waals surface area contributed by atoms with Crippen molar-refractivity contribution in [3.63, 3.8) is 0 Å². The van der Waals surface area contributed by atoms with E-state index in [0.29, 0.717) is 5.41 Å². The molecule has 0 bridgehead atoms. The van der Waals surface area contributed by atoms with Crippen LogP contribution >= 0.6 is 11.6 Å². The van der Waals surface area contributed by atoms with E-state index in [0.717, 1.165) is 36.8 Å². The lowest BCUT2D eigenvalue weighted by Crippen LogP contribution is -2.54. The van der Waals surface area contributed by atoms with Crippen LogP contribution in [0.15, 0.2) is 0 Å². The van der Waals surface area contributed by atoms with Crippen molar-refractivity contribution in [3.8, 4) is 0 Å². The fourth-order valence-electron chi connectivity index (χ4n) is 2.37. The van der Waals surface area contributed by atoms with Gasteiger partial charge in [0.25, 0.3) is 0 Å². The Labute approximate surface area is 102 Å². The van der Waals surface area contributed by atoms with Crippen molar-refractivity contribution >= 4 is 11.6 Å². The van der Waals surface area contributed by atoms with Crippen LogP contribution in [0, 0.1) is 12.3 Å². The molecule has 0 aliphatic carbocycles. The van der Waals surface area contributed by atoms with E-state index >= 15 is 0 Å². The summed E-state index contributed by atoms with van der Waals surface area (Å²) in [6.45, 7) is 9.46. The maximum Gasteiger partial charge on any atom is 0.0847 e. The average molecular weight is 242 g/mol. The smallest absolute Gasteiger partial charge is 0.0847 e. The van der Waals surface area contributed by atoms with Gasteiger partial charge in [-0.3, -0.25) is 4.68 Å². The average Bonchev–Trinajstić information content (AvgIpc) is 2.50. The van der Waals surface area contributed by atoms with E-state index in [1.807, 2.05) is 11.6 Å². The third-order valence-electron chi connectivity index (χ3n) is 3.75. The largest absolute Gasteiger partial charge is 0.316 e. The SMILES string of the molecule is CCn1nc(C)c(Cl)c1CC1(CC)CNC1. The molecule has 1 fully saturated rings. The van der Waals surface area contributed by atoms with Gasteiger partial charge in [-0.25, -0.2) is 0 Å². The Bertz CT molecular complexity index is 374. The van der Waals surface area contributed by atoms with Crippen molar-refractivity contribution < 1.29 is 0 Å². The standard InChI is InChI=1S/C12H20ClN3/c1-4-12(7-14-8-12)6-10-11(13)9(3)15-16(10)5-2/h14H,4-8H2,1-3H3. The van der Waals surface area contributed by atoms with Crippen molar-refractivity contribution in [3.05, 3.63) is 16.4 Å².